The van der Waals surface area contributed by atoms with E-state index in [2.05, 4.69) is 15.6 Å². The molecule has 0 aliphatic carbocycles. The summed E-state index contributed by atoms with van der Waals surface area (Å²) in [6, 6.07) is 0. The quantitative estimate of drug-likeness (QED) is 0.723. The number of halogens is 3. The summed E-state index contributed by atoms with van der Waals surface area (Å²) in [5, 5.41) is 7.09. The van der Waals surface area contributed by atoms with Gasteiger partial charge in [0.2, 0.25) is 5.95 Å². The fraction of sp³-hybridized carbons (Fsp3) is 0.400. The third kappa shape index (κ3) is 2.40. The second kappa shape index (κ2) is 3.80. The maximum atomic E-state index is 11.2. The van der Waals surface area contributed by atoms with Gasteiger partial charge >= 0.3 is 0 Å². The van der Waals surface area contributed by atoms with Crippen LogP contribution in [0.25, 0.3) is 0 Å². The highest BCUT2D eigenvalue weighted by molar-refractivity contribution is 6.76. The molecular formula is C5H6Cl3N5O. The molecule has 0 aromatic carbocycles. The summed E-state index contributed by atoms with van der Waals surface area (Å²) in [4.78, 5) is 11.2. The molecule has 0 fully saturated rings. The van der Waals surface area contributed by atoms with Crippen LogP contribution in [0, 0.1) is 6.92 Å². The van der Waals surface area contributed by atoms with Gasteiger partial charge in [-0.3, -0.25) is 10.2 Å². The van der Waals surface area contributed by atoms with E-state index in [0.717, 1.165) is 4.68 Å². The Hall–Kier alpha value is -0.720. The number of rotatable bonds is 1. The molecule has 0 aliphatic heterocycles. The zero-order chi connectivity index (χ0) is 10.9. The molecule has 0 unspecified atom stereocenters. The van der Waals surface area contributed by atoms with E-state index in [0.29, 0.717) is 5.82 Å². The lowest BCUT2D eigenvalue weighted by molar-refractivity contribution is -0.116. The lowest BCUT2D eigenvalue weighted by Crippen LogP contribution is -2.34. The van der Waals surface area contributed by atoms with E-state index < -0.39 is 9.70 Å². The number of alkyl halides is 3. The van der Waals surface area contributed by atoms with Crippen molar-refractivity contribution in [2.24, 2.45) is 0 Å². The summed E-state index contributed by atoms with van der Waals surface area (Å²) in [5.74, 6) is -0.452. The third-order valence-electron chi connectivity index (χ3n) is 1.32. The van der Waals surface area contributed by atoms with Crippen LogP contribution in [-0.4, -0.2) is 24.6 Å². The Bertz CT molecular complexity index is 337. The van der Waals surface area contributed by atoms with Gasteiger partial charge in [0.05, 0.1) is 0 Å². The highest BCUT2D eigenvalue weighted by Gasteiger charge is 2.31. The molecule has 14 heavy (non-hydrogen) atoms. The van der Waals surface area contributed by atoms with E-state index in [9.17, 15) is 4.79 Å². The molecule has 0 spiro atoms. The van der Waals surface area contributed by atoms with Gasteiger partial charge in [-0.15, -0.1) is 10.2 Å². The first kappa shape index (κ1) is 11.4. The zero-order valence-electron chi connectivity index (χ0n) is 6.96. The van der Waals surface area contributed by atoms with Crippen LogP contribution in [0.15, 0.2) is 0 Å². The van der Waals surface area contributed by atoms with Crippen molar-refractivity contribution in [2.75, 3.05) is 11.2 Å². The van der Waals surface area contributed by atoms with Crippen LogP contribution < -0.4 is 11.2 Å². The van der Waals surface area contributed by atoms with Gasteiger partial charge in [0.1, 0.15) is 0 Å². The molecule has 1 aromatic heterocycles. The molecule has 0 saturated carbocycles. The highest BCUT2D eigenvalue weighted by atomic mass is 35.6. The van der Waals surface area contributed by atoms with Crippen molar-refractivity contribution >= 4 is 46.7 Å². The molecule has 6 nitrogen and oxygen atoms in total. The first-order valence-corrected chi connectivity index (χ1v) is 4.51. The molecule has 1 rings (SSSR count). The van der Waals surface area contributed by atoms with Crippen molar-refractivity contribution in [3.05, 3.63) is 5.82 Å². The number of hydrogen-bond acceptors (Lipinski definition) is 4. The molecule has 0 aliphatic rings. The van der Waals surface area contributed by atoms with Crippen molar-refractivity contribution in [1.29, 1.82) is 0 Å². The lowest BCUT2D eigenvalue weighted by atomic mass is 10.7. The standard InChI is InChI=1S/C5H6Cl3N5O/c1-2-10-11-4(9)13(2)12-3(14)5(6,7)8/h1H3,(H2,9,11)(H,12,14). The van der Waals surface area contributed by atoms with E-state index >= 15 is 0 Å². The number of hydrogen-bond donors (Lipinski definition) is 2. The summed E-state index contributed by atoms with van der Waals surface area (Å²) in [6.07, 6.45) is 0. The molecule has 0 radical (unpaired) electrons. The van der Waals surface area contributed by atoms with Crippen LogP contribution >= 0.6 is 34.8 Å². The van der Waals surface area contributed by atoms with E-state index in [1.165, 1.54) is 0 Å². The SMILES string of the molecule is Cc1nnc(N)n1NC(=O)C(Cl)(Cl)Cl. The monoisotopic (exact) mass is 257 g/mol. The molecule has 3 N–H and O–H groups in total. The minimum atomic E-state index is -2.05. The maximum Gasteiger partial charge on any atom is 0.291 e. The van der Waals surface area contributed by atoms with Gasteiger partial charge in [0, 0.05) is 0 Å². The van der Waals surface area contributed by atoms with Crippen LogP contribution in [0.4, 0.5) is 5.95 Å². The van der Waals surface area contributed by atoms with E-state index in [-0.39, 0.29) is 5.95 Å². The number of amides is 1. The predicted molar refractivity (Wildman–Crippen MR) is 53.8 cm³/mol. The number of nitrogens with two attached hydrogens (primary N) is 1. The van der Waals surface area contributed by atoms with E-state index in [1.54, 1.807) is 6.92 Å². The Morgan fingerprint density at radius 2 is 2.07 bits per heavy atom. The van der Waals surface area contributed by atoms with Crippen molar-refractivity contribution in [3.63, 3.8) is 0 Å². The smallest absolute Gasteiger partial charge is 0.291 e. The van der Waals surface area contributed by atoms with Gasteiger partial charge in [-0.05, 0) is 6.92 Å². The minimum absolute atomic E-state index is 0.00472. The average molecular weight is 258 g/mol. The number of anilines is 1. The Morgan fingerprint density at radius 3 is 2.43 bits per heavy atom. The third-order valence-corrected chi connectivity index (χ3v) is 1.84. The Balaban J connectivity index is 2.85. The van der Waals surface area contributed by atoms with Crippen molar-refractivity contribution in [3.8, 4) is 0 Å². The second-order valence-corrected chi connectivity index (χ2v) is 4.66. The zero-order valence-corrected chi connectivity index (χ0v) is 9.23. The normalized spacial score (nSPS) is 11.4. The molecular weight excluding hydrogens is 252 g/mol. The second-order valence-electron chi connectivity index (χ2n) is 2.38. The van der Waals surface area contributed by atoms with Crippen molar-refractivity contribution < 1.29 is 4.79 Å². The molecule has 1 aromatic rings. The van der Waals surface area contributed by atoms with Gasteiger partial charge < -0.3 is 5.73 Å². The van der Waals surface area contributed by atoms with Gasteiger partial charge in [-0.25, -0.2) is 4.68 Å². The lowest BCUT2D eigenvalue weighted by Gasteiger charge is -2.12. The summed E-state index contributed by atoms with van der Waals surface area (Å²) < 4.78 is -0.937. The van der Waals surface area contributed by atoms with Crippen LogP contribution in [-0.2, 0) is 4.79 Å². The van der Waals surface area contributed by atoms with Crippen molar-refractivity contribution in [1.82, 2.24) is 14.9 Å². The Kier molecular flexibility index (Phi) is 3.08. The van der Waals surface area contributed by atoms with Gasteiger partial charge in [-0.1, -0.05) is 34.8 Å². The first-order chi connectivity index (χ1) is 6.32. The fourth-order valence-corrected chi connectivity index (χ4v) is 0.809. The van der Waals surface area contributed by atoms with Gasteiger partial charge in [0.25, 0.3) is 9.70 Å². The largest absolute Gasteiger partial charge is 0.366 e. The molecule has 78 valence electrons. The van der Waals surface area contributed by atoms with Crippen molar-refractivity contribution in [2.45, 2.75) is 10.7 Å². The fourth-order valence-electron chi connectivity index (χ4n) is 0.682. The Labute approximate surface area is 94.3 Å². The Morgan fingerprint density at radius 1 is 1.50 bits per heavy atom. The molecule has 1 amide bonds. The van der Waals surface area contributed by atoms with E-state index in [1.807, 2.05) is 0 Å². The number of carbonyl (C=O) groups is 1. The van der Waals surface area contributed by atoms with Gasteiger partial charge in [-0.2, -0.15) is 0 Å². The number of nitrogens with zero attached hydrogens (tertiary/aromatic N) is 3. The van der Waals surface area contributed by atoms with Crippen LogP contribution in [0.1, 0.15) is 5.82 Å². The topological polar surface area (TPSA) is 85.8 Å². The minimum Gasteiger partial charge on any atom is -0.366 e. The maximum absolute atomic E-state index is 11.2. The summed E-state index contributed by atoms with van der Waals surface area (Å²) in [5.41, 5.74) is 7.61. The molecule has 0 bridgehead atoms. The molecule has 0 saturated heterocycles. The molecule has 1 heterocycles. The number of nitrogens with one attached hydrogen (secondary N) is 1. The summed E-state index contributed by atoms with van der Waals surface area (Å²) in [6.45, 7) is 1.59. The number of nitrogen functional groups attached to an aromatic ring is 1. The number of aryl methyl sites for hydroxylation is 1. The van der Waals surface area contributed by atoms with Crippen LogP contribution in [0.2, 0.25) is 0 Å². The number of carbonyl (C=O) groups excluding carboxylic acids is 1. The predicted octanol–water partition coefficient (Wildman–Crippen LogP) is 0.609. The molecule has 9 heteroatoms. The van der Waals surface area contributed by atoms with Gasteiger partial charge in [0.15, 0.2) is 5.82 Å². The summed E-state index contributed by atoms with van der Waals surface area (Å²) in [7, 11) is 0. The first-order valence-electron chi connectivity index (χ1n) is 3.38. The van der Waals surface area contributed by atoms with E-state index in [4.69, 9.17) is 40.5 Å². The average Bonchev–Trinajstić information content (AvgIpc) is 2.34. The van der Waals surface area contributed by atoms with Crippen LogP contribution in [0.5, 0.6) is 0 Å². The molecule has 0 atom stereocenters. The highest BCUT2D eigenvalue weighted by Crippen LogP contribution is 2.26. The summed E-state index contributed by atoms with van der Waals surface area (Å²) >= 11 is 16.0. The number of aromatic nitrogens is 3. The van der Waals surface area contributed by atoms with Crippen LogP contribution in [0.3, 0.4) is 0 Å².